The molecule has 0 aliphatic heterocycles. The summed E-state index contributed by atoms with van der Waals surface area (Å²) in [6, 6.07) is 0. The molecule has 0 aromatic carbocycles. The number of hydrogen-bond acceptors (Lipinski definition) is 9. The predicted molar refractivity (Wildman–Crippen MR) is 137 cm³/mol. The van der Waals surface area contributed by atoms with Crippen LogP contribution >= 0.6 is 7.82 Å². The zero-order chi connectivity index (χ0) is 27.8. The maximum atomic E-state index is 12.1. The Hall–Kier alpha value is 0.520. The van der Waals surface area contributed by atoms with Crippen LogP contribution in [0, 0.1) is 0 Å². The minimum Gasteiger partial charge on any atom is -0.790 e. The molecule has 1 amide bonds. The van der Waals surface area contributed by atoms with Crippen molar-refractivity contribution in [3.63, 3.8) is 0 Å². The molecular formula is C26H48NNa2O9P. The van der Waals surface area contributed by atoms with E-state index in [1.54, 1.807) is 0 Å². The van der Waals surface area contributed by atoms with E-state index >= 15 is 0 Å². The quantitative estimate of drug-likeness (QED) is 0.0551. The van der Waals surface area contributed by atoms with Gasteiger partial charge in [0.05, 0.1) is 14.4 Å². The molecule has 0 aliphatic rings. The molecule has 13 heteroatoms. The monoisotopic (exact) mass is 595 g/mol. The SMILES string of the molecule is CCCCCCCCCCC(=O)O[C@@H](COC(=O)CCCCCCCCCNC(C)=O)COP(=O)([O-])[O-].[Na+].[Na+]. The van der Waals surface area contributed by atoms with Gasteiger partial charge in [0.2, 0.25) is 5.91 Å². The molecule has 0 fully saturated rings. The predicted octanol–water partition coefficient (Wildman–Crippen LogP) is -1.92. The van der Waals surface area contributed by atoms with Gasteiger partial charge in [-0.3, -0.25) is 14.4 Å². The van der Waals surface area contributed by atoms with Gasteiger partial charge >= 0.3 is 71.1 Å². The Morgan fingerprint density at radius 2 is 1.18 bits per heavy atom. The van der Waals surface area contributed by atoms with Gasteiger partial charge in [0, 0.05) is 26.3 Å². The van der Waals surface area contributed by atoms with Crippen LogP contribution in [-0.2, 0) is 32.9 Å². The maximum Gasteiger partial charge on any atom is 1.00 e. The Bertz CT molecular complexity index is 665. The summed E-state index contributed by atoms with van der Waals surface area (Å²) in [7, 11) is -5.25. The summed E-state index contributed by atoms with van der Waals surface area (Å²) in [6.07, 6.45) is 14.4. The molecule has 0 bridgehead atoms. The van der Waals surface area contributed by atoms with Crippen molar-refractivity contribution in [2.45, 2.75) is 129 Å². The average Bonchev–Trinajstić information content (AvgIpc) is 2.82. The summed E-state index contributed by atoms with van der Waals surface area (Å²) in [4.78, 5) is 56.5. The summed E-state index contributed by atoms with van der Waals surface area (Å²) in [5.41, 5.74) is 0. The average molecular weight is 596 g/mol. The van der Waals surface area contributed by atoms with Crippen LogP contribution in [-0.4, -0.2) is 43.7 Å². The minimum absolute atomic E-state index is 0. The normalized spacial score (nSPS) is 11.6. The molecule has 0 rings (SSSR count). The van der Waals surface area contributed by atoms with Crippen molar-refractivity contribution in [1.82, 2.24) is 5.32 Å². The minimum atomic E-state index is -5.25. The summed E-state index contributed by atoms with van der Waals surface area (Å²) in [5.74, 6) is -1.04. The molecule has 1 N–H and O–H groups in total. The number of phosphoric ester groups is 1. The van der Waals surface area contributed by atoms with E-state index < -0.39 is 32.5 Å². The number of esters is 2. The zero-order valence-corrected chi connectivity index (χ0v) is 29.7. The van der Waals surface area contributed by atoms with Gasteiger partial charge in [-0.25, -0.2) is 0 Å². The number of unbranched alkanes of at least 4 members (excludes halogenated alkanes) is 13. The van der Waals surface area contributed by atoms with Gasteiger partial charge in [0.15, 0.2) is 6.10 Å². The van der Waals surface area contributed by atoms with E-state index in [1.165, 1.54) is 32.6 Å². The van der Waals surface area contributed by atoms with Crippen LogP contribution in [0.4, 0.5) is 0 Å². The molecule has 0 saturated heterocycles. The topological polar surface area (TPSA) is 154 Å². The molecule has 0 aromatic rings. The number of carbonyl (C=O) groups is 3. The standard InChI is InChI=1S/C26H50NO9P.2Na/c1-3-4-5-6-7-9-13-16-19-26(30)36-24(22-35-37(31,32)33)21-34-25(29)18-15-12-10-8-11-14-17-20-27-23(2)28;;/h24H,3-22H2,1-2H3,(H,27,28)(H2,31,32,33);;/q;2*+1/p-2/t24-;;/m0../s1. The number of phosphoric acid groups is 1. The fourth-order valence-corrected chi connectivity index (χ4v) is 4.09. The number of hydrogen-bond donors (Lipinski definition) is 1. The second kappa shape index (κ2) is 30.0. The number of nitrogens with one attached hydrogen (secondary N) is 1. The van der Waals surface area contributed by atoms with E-state index in [1.807, 2.05) is 0 Å². The third kappa shape index (κ3) is 34.6. The van der Waals surface area contributed by atoms with Crippen LogP contribution in [0.5, 0.6) is 0 Å². The fraction of sp³-hybridized carbons (Fsp3) is 0.885. The second-order valence-electron chi connectivity index (χ2n) is 9.47. The van der Waals surface area contributed by atoms with Crippen LogP contribution in [0.25, 0.3) is 0 Å². The van der Waals surface area contributed by atoms with E-state index in [0.29, 0.717) is 19.4 Å². The summed E-state index contributed by atoms with van der Waals surface area (Å²) in [5, 5.41) is 2.76. The molecule has 0 aromatic heterocycles. The van der Waals surface area contributed by atoms with Crippen LogP contribution in [0.3, 0.4) is 0 Å². The molecule has 1 atom stereocenters. The van der Waals surface area contributed by atoms with Crippen LogP contribution < -0.4 is 74.2 Å². The Morgan fingerprint density at radius 3 is 1.67 bits per heavy atom. The van der Waals surface area contributed by atoms with Crippen LogP contribution in [0.2, 0.25) is 0 Å². The largest absolute Gasteiger partial charge is 1.00 e. The first-order valence-corrected chi connectivity index (χ1v) is 15.4. The third-order valence-corrected chi connectivity index (χ3v) is 6.28. The van der Waals surface area contributed by atoms with Gasteiger partial charge in [-0.05, 0) is 19.3 Å². The van der Waals surface area contributed by atoms with E-state index in [0.717, 1.165) is 57.8 Å². The number of carbonyl (C=O) groups excluding carboxylic acids is 3. The van der Waals surface area contributed by atoms with E-state index in [9.17, 15) is 28.7 Å². The van der Waals surface area contributed by atoms with Crippen molar-refractivity contribution in [3.8, 4) is 0 Å². The Balaban J connectivity index is -0.00000648. The fourth-order valence-electron chi connectivity index (χ4n) is 3.74. The molecule has 0 radical (unpaired) electrons. The second-order valence-corrected chi connectivity index (χ2v) is 10.6. The van der Waals surface area contributed by atoms with Crippen molar-refractivity contribution < 1.29 is 102 Å². The molecule has 0 spiro atoms. The van der Waals surface area contributed by atoms with Gasteiger partial charge in [-0.2, -0.15) is 0 Å². The molecule has 10 nitrogen and oxygen atoms in total. The Labute approximate surface area is 279 Å². The molecule has 0 saturated carbocycles. The van der Waals surface area contributed by atoms with Crippen LogP contribution in [0.1, 0.15) is 123 Å². The van der Waals surface area contributed by atoms with Gasteiger partial charge in [-0.15, -0.1) is 0 Å². The number of amides is 1. The molecule has 0 aliphatic carbocycles. The molecule has 39 heavy (non-hydrogen) atoms. The first-order chi connectivity index (χ1) is 17.6. The van der Waals surface area contributed by atoms with Crippen molar-refractivity contribution in [3.05, 3.63) is 0 Å². The molecule has 0 unspecified atom stereocenters. The zero-order valence-electron chi connectivity index (χ0n) is 24.8. The molecule has 0 heterocycles. The first kappa shape index (κ1) is 44.0. The van der Waals surface area contributed by atoms with E-state index in [-0.39, 0.29) is 84.5 Å². The van der Waals surface area contributed by atoms with Crippen LogP contribution in [0.15, 0.2) is 0 Å². The third-order valence-electron chi connectivity index (χ3n) is 5.81. The molecular weight excluding hydrogens is 547 g/mol. The van der Waals surface area contributed by atoms with Crippen molar-refractivity contribution in [2.24, 2.45) is 0 Å². The van der Waals surface area contributed by atoms with Crippen molar-refractivity contribution in [2.75, 3.05) is 19.8 Å². The van der Waals surface area contributed by atoms with E-state index in [4.69, 9.17) is 9.47 Å². The Morgan fingerprint density at radius 1 is 0.718 bits per heavy atom. The molecule has 218 valence electrons. The van der Waals surface area contributed by atoms with Gasteiger partial charge in [0.25, 0.3) is 0 Å². The summed E-state index contributed by atoms with van der Waals surface area (Å²) in [6.45, 7) is 3.33. The smallest absolute Gasteiger partial charge is 0.790 e. The maximum absolute atomic E-state index is 12.1. The van der Waals surface area contributed by atoms with Crippen molar-refractivity contribution >= 4 is 25.7 Å². The van der Waals surface area contributed by atoms with E-state index in [2.05, 4.69) is 16.8 Å². The first-order valence-electron chi connectivity index (χ1n) is 13.9. The summed E-state index contributed by atoms with van der Waals surface area (Å²) < 4.78 is 25.4. The number of rotatable bonds is 25. The van der Waals surface area contributed by atoms with Crippen molar-refractivity contribution in [1.29, 1.82) is 0 Å². The van der Waals surface area contributed by atoms with Gasteiger partial charge in [0.1, 0.15) is 6.61 Å². The van der Waals surface area contributed by atoms with Gasteiger partial charge in [-0.1, -0.05) is 84.0 Å². The number of ether oxygens (including phenoxy) is 2. The Kier molecular flexibility index (Phi) is 33.8. The summed E-state index contributed by atoms with van der Waals surface area (Å²) >= 11 is 0. The van der Waals surface area contributed by atoms with Gasteiger partial charge < -0.3 is 33.7 Å².